The summed E-state index contributed by atoms with van der Waals surface area (Å²) in [5.74, 6) is 2.67. The number of carbonyl (C=O) groups excluding carboxylic acids is 1. The fourth-order valence-electron chi connectivity index (χ4n) is 4.83. The molecule has 0 aromatic carbocycles. The predicted octanol–water partition coefficient (Wildman–Crippen LogP) is 3.89. The number of hydrogen-bond donors (Lipinski definition) is 1. The molecule has 4 rings (SSSR count). The molecular weight excluding hydrogens is 460 g/mol. The zero-order valence-electron chi connectivity index (χ0n) is 20.8. The summed E-state index contributed by atoms with van der Waals surface area (Å²) in [6.07, 6.45) is 11.9. The van der Waals surface area contributed by atoms with E-state index in [-0.39, 0.29) is 23.9 Å². The lowest BCUT2D eigenvalue weighted by molar-refractivity contribution is -0.0620. The number of hydrogen-bond acceptors (Lipinski definition) is 8. The van der Waals surface area contributed by atoms with Crippen LogP contribution >= 0.6 is 0 Å². The van der Waals surface area contributed by atoms with Gasteiger partial charge in [0.2, 0.25) is 0 Å². The van der Waals surface area contributed by atoms with Gasteiger partial charge >= 0.3 is 0 Å². The van der Waals surface area contributed by atoms with Gasteiger partial charge in [-0.1, -0.05) is 24.8 Å². The highest BCUT2D eigenvalue weighted by Crippen LogP contribution is 2.41. The first-order chi connectivity index (χ1) is 17.4. The monoisotopic (exact) mass is 492 g/mol. The number of ether oxygens (including phenoxy) is 4. The Bertz CT molecular complexity index is 1160. The molecule has 2 aromatic rings. The first-order valence-electron chi connectivity index (χ1n) is 11.8. The van der Waals surface area contributed by atoms with Gasteiger partial charge in [0.25, 0.3) is 5.91 Å². The lowest BCUT2D eigenvalue weighted by Crippen LogP contribution is -2.58. The minimum absolute atomic E-state index is 0.0946. The molecule has 4 heterocycles. The molecular formula is C27H32N4O5. The van der Waals surface area contributed by atoms with Crippen LogP contribution in [0.25, 0.3) is 0 Å². The van der Waals surface area contributed by atoms with Crippen LogP contribution in [0.15, 0.2) is 61.2 Å². The second-order valence-corrected chi connectivity index (χ2v) is 8.80. The van der Waals surface area contributed by atoms with Crippen molar-refractivity contribution in [3.63, 3.8) is 0 Å². The Morgan fingerprint density at radius 3 is 2.47 bits per heavy atom. The average Bonchev–Trinajstić information content (AvgIpc) is 2.87. The van der Waals surface area contributed by atoms with Gasteiger partial charge in [-0.05, 0) is 31.8 Å². The Balaban J connectivity index is 1.54. The normalized spacial score (nSPS) is 21.8. The van der Waals surface area contributed by atoms with Crippen molar-refractivity contribution in [2.75, 3.05) is 33.2 Å². The van der Waals surface area contributed by atoms with E-state index in [0.29, 0.717) is 42.0 Å². The molecule has 190 valence electrons. The lowest BCUT2D eigenvalue weighted by atomic mass is 9.80. The molecule has 2 aliphatic rings. The number of amides is 1. The Kier molecular flexibility index (Phi) is 7.90. The van der Waals surface area contributed by atoms with E-state index in [0.717, 1.165) is 24.2 Å². The van der Waals surface area contributed by atoms with Gasteiger partial charge < -0.3 is 29.6 Å². The lowest BCUT2D eigenvalue weighted by Gasteiger charge is -2.48. The summed E-state index contributed by atoms with van der Waals surface area (Å²) in [6.45, 7) is 6.39. The number of fused-ring (bicyclic) bond motifs is 2. The van der Waals surface area contributed by atoms with Crippen molar-refractivity contribution in [3.8, 4) is 17.2 Å². The topological polar surface area (TPSA) is 109 Å². The molecule has 36 heavy (non-hydrogen) atoms. The number of nitrogen functional groups attached to an aromatic ring is 1. The Labute approximate surface area is 211 Å². The molecule has 9 nitrogen and oxygen atoms in total. The van der Waals surface area contributed by atoms with E-state index in [1.54, 1.807) is 43.7 Å². The minimum Gasteiger partial charge on any atom is -0.496 e. The number of piperidine rings is 1. The van der Waals surface area contributed by atoms with Crippen molar-refractivity contribution in [3.05, 3.63) is 72.4 Å². The Hall–Kier alpha value is -3.85. The molecule has 2 aliphatic heterocycles. The summed E-state index contributed by atoms with van der Waals surface area (Å²) in [5.41, 5.74) is 7.14. The Morgan fingerprint density at radius 1 is 1.08 bits per heavy atom. The molecule has 0 aliphatic carbocycles. The molecule has 1 amide bonds. The smallest absolute Gasteiger partial charge is 0.273 e. The van der Waals surface area contributed by atoms with Gasteiger partial charge in [0.15, 0.2) is 11.5 Å². The van der Waals surface area contributed by atoms with Crippen LogP contribution in [-0.2, 0) is 4.74 Å². The van der Waals surface area contributed by atoms with E-state index in [1.807, 2.05) is 17.9 Å². The first-order valence-corrected chi connectivity index (χ1v) is 11.8. The number of allylic oxidation sites excluding steroid dienone is 5. The molecule has 2 unspecified atom stereocenters. The van der Waals surface area contributed by atoms with Gasteiger partial charge in [0.05, 0.1) is 45.7 Å². The maximum Gasteiger partial charge on any atom is 0.273 e. The van der Waals surface area contributed by atoms with Crippen LogP contribution in [0.5, 0.6) is 17.2 Å². The number of methoxy groups -OCH3 is 2. The zero-order valence-corrected chi connectivity index (χ0v) is 20.8. The molecule has 0 radical (unpaired) electrons. The van der Waals surface area contributed by atoms with Gasteiger partial charge in [-0.15, -0.1) is 0 Å². The summed E-state index contributed by atoms with van der Waals surface area (Å²) < 4.78 is 22.7. The van der Waals surface area contributed by atoms with E-state index < -0.39 is 0 Å². The highest BCUT2D eigenvalue weighted by molar-refractivity contribution is 5.93. The quantitative estimate of drug-likeness (QED) is 0.437. The van der Waals surface area contributed by atoms with Gasteiger partial charge in [-0.3, -0.25) is 4.79 Å². The van der Waals surface area contributed by atoms with Crippen molar-refractivity contribution < 1.29 is 23.7 Å². The number of rotatable bonds is 8. The largest absolute Gasteiger partial charge is 0.496 e. The third-order valence-electron chi connectivity index (χ3n) is 6.45. The van der Waals surface area contributed by atoms with Crippen LogP contribution in [-0.4, -0.2) is 60.3 Å². The van der Waals surface area contributed by atoms with E-state index in [1.165, 1.54) is 13.3 Å². The average molecular weight is 493 g/mol. The van der Waals surface area contributed by atoms with Crippen LogP contribution < -0.4 is 19.9 Å². The van der Waals surface area contributed by atoms with Crippen LogP contribution in [0.4, 0.5) is 5.82 Å². The second-order valence-electron chi connectivity index (χ2n) is 8.80. The maximum atomic E-state index is 13.6. The van der Waals surface area contributed by atoms with Crippen molar-refractivity contribution in [2.45, 2.75) is 37.8 Å². The molecule has 9 heteroatoms. The second kappa shape index (κ2) is 11.3. The number of nitrogens with zero attached hydrogens (tertiary/aromatic N) is 3. The van der Waals surface area contributed by atoms with Gasteiger partial charge in [-0.2, -0.15) is 0 Å². The van der Waals surface area contributed by atoms with Gasteiger partial charge in [0.1, 0.15) is 23.0 Å². The molecule has 2 N–H and O–H groups in total. The highest BCUT2D eigenvalue weighted by Gasteiger charge is 2.43. The fraction of sp³-hybridized carbons (Fsp3) is 0.370. The molecule has 0 spiro atoms. The predicted molar refractivity (Wildman–Crippen MR) is 136 cm³/mol. The van der Waals surface area contributed by atoms with Crippen molar-refractivity contribution >= 4 is 11.7 Å². The number of pyridine rings is 2. The summed E-state index contributed by atoms with van der Waals surface area (Å²) in [4.78, 5) is 24.2. The van der Waals surface area contributed by atoms with E-state index in [9.17, 15) is 4.79 Å². The molecule has 2 fully saturated rings. The zero-order chi connectivity index (χ0) is 25.7. The summed E-state index contributed by atoms with van der Waals surface area (Å²) in [6, 6.07) is 3.18. The standard InChI is InChI=1S/C27H32N4O5/c1-5-6-7-8-17(2)36-25-14-29-22(11-24(25)34-4)27(32)31-19-9-18(10-20(31)16-35-15-19)21-13-30-26(28)12-23(21)33-3/h5-8,11-14,18-20H,1,9-10,15-16H2,2-4H3,(H2,28,30)/b7-6-,17-8+. The minimum atomic E-state index is -0.153. The summed E-state index contributed by atoms with van der Waals surface area (Å²) >= 11 is 0. The summed E-state index contributed by atoms with van der Waals surface area (Å²) in [5, 5.41) is 0. The molecule has 2 aromatic heterocycles. The number of aromatic nitrogens is 2. The SMILES string of the molecule is C=C/C=C\C=C(/C)Oc1cnc(C(=O)N2C3COCC2CC(c2cnc(N)cc2OC)C3)cc1OC. The molecule has 2 atom stereocenters. The first kappa shape index (κ1) is 25.2. The summed E-state index contributed by atoms with van der Waals surface area (Å²) in [7, 11) is 3.16. The molecule has 2 bridgehead atoms. The van der Waals surface area contributed by atoms with Crippen LogP contribution in [0.2, 0.25) is 0 Å². The van der Waals surface area contributed by atoms with E-state index >= 15 is 0 Å². The number of morpholine rings is 1. The Morgan fingerprint density at radius 2 is 1.81 bits per heavy atom. The van der Waals surface area contributed by atoms with E-state index in [2.05, 4.69) is 16.5 Å². The van der Waals surface area contributed by atoms with Gasteiger partial charge in [-0.25, -0.2) is 9.97 Å². The highest BCUT2D eigenvalue weighted by atomic mass is 16.5. The van der Waals surface area contributed by atoms with Crippen LogP contribution in [0.3, 0.4) is 0 Å². The number of nitrogens with two attached hydrogens (primary N) is 1. The number of anilines is 1. The number of carbonyl (C=O) groups is 1. The van der Waals surface area contributed by atoms with E-state index in [4.69, 9.17) is 24.7 Å². The fourth-order valence-corrected chi connectivity index (χ4v) is 4.83. The van der Waals surface area contributed by atoms with Crippen LogP contribution in [0, 0.1) is 0 Å². The molecule has 0 saturated carbocycles. The maximum absolute atomic E-state index is 13.6. The molecule has 2 saturated heterocycles. The van der Waals surface area contributed by atoms with Crippen molar-refractivity contribution in [2.24, 2.45) is 0 Å². The van der Waals surface area contributed by atoms with Crippen molar-refractivity contribution in [1.82, 2.24) is 14.9 Å². The van der Waals surface area contributed by atoms with Crippen molar-refractivity contribution in [1.29, 1.82) is 0 Å². The van der Waals surface area contributed by atoms with Gasteiger partial charge in [0, 0.05) is 23.9 Å². The van der Waals surface area contributed by atoms with Crippen LogP contribution in [0.1, 0.15) is 41.7 Å². The third-order valence-corrected chi connectivity index (χ3v) is 6.45. The third kappa shape index (κ3) is 5.36.